The second kappa shape index (κ2) is 7.03. The summed E-state index contributed by atoms with van der Waals surface area (Å²) in [5, 5.41) is 15.1. The summed E-state index contributed by atoms with van der Waals surface area (Å²) in [5.41, 5.74) is 3.13. The molecule has 0 saturated heterocycles. The van der Waals surface area contributed by atoms with Crippen LogP contribution in [0.4, 0.5) is 4.39 Å². The molecular formula is C19H18FN5O. The molecule has 1 N–H and O–H groups in total. The van der Waals surface area contributed by atoms with Crippen LogP contribution in [-0.4, -0.2) is 26.1 Å². The minimum Gasteiger partial charge on any atom is -0.348 e. The number of hydrogen-bond donors (Lipinski definition) is 1. The van der Waals surface area contributed by atoms with Gasteiger partial charge in [-0.1, -0.05) is 24.3 Å². The van der Waals surface area contributed by atoms with Crippen molar-refractivity contribution in [1.29, 1.82) is 0 Å². The first-order chi connectivity index (χ1) is 12.7. The fourth-order valence-corrected chi connectivity index (χ4v) is 3.30. The van der Waals surface area contributed by atoms with Crippen LogP contribution < -0.4 is 5.32 Å². The van der Waals surface area contributed by atoms with E-state index < -0.39 is 0 Å². The molecule has 3 aromatic rings. The molecule has 0 unspecified atom stereocenters. The Bertz CT molecular complexity index is 922. The molecule has 1 heterocycles. The SMILES string of the molecule is O=C(Cn1nnc(-c2ccc(F)cc2)n1)N[C@H]1CCCc2ccccc21. The van der Waals surface area contributed by atoms with Gasteiger partial charge < -0.3 is 5.32 Å². The molecule has 1 amide bonds. The van der Waals surface area contributed by atoms with Gasteiger partial charge in [-0.3, -0.25) is 4.79 Å². The molecule has 26 heavy (non-hydrogen) atoms. The van der Waals surface area contributed by atoms with Crippen molar-refractivity contribution in [1.82, 2.24) is 25.5 Å². The van der Waals surface area contributed by atoms with Crippen LogP contribution in [0.2, 0.25) is 0 Å². The van der Waals surface area contributed by atoms with E-state index in [1.165, 1.54) is 28.1 Å². The maximum Gasteiger partial charge on any atom is 0.244 e. The van der Waals surface area contributed by atoms with Crippen LogP contribution in [-0.2, 0) is 17.8 Å². The molecule has 0 aliphatic heterocycles. The summed E-state index contributed by atoms with van der Waals surface area (Å²) in [4.78, 5) is 13.6. The lowest BCUT2D eigenvalue weighted by Gasteiger charge is -2.26. The highest BCUT2D eigenvalue weighted by Gasteiger charge is 2.21. The number of carbonyl (C=O) groups is 1. The van der Waals surface area contributed by atoms with Crippen molar-refractivity contribution in [3.05, 3.63) is 65.5 Å². The number of carbonyl (C=O) groups excluding carboxylic acids is 1. The minimum atomic E-state index is -0.326. The van der Waals surface area contributed by atoms with E-state index in [1.54, 1.807) is 12.1 Å². The van der Waals surface area contributed by atoms with Gasteiger partial charge in [0.05, 0.1) is 6.04 Å². The van der Waals surface area contributed by atoms with E-state index in [1.807, 2.05) is 12.1 Å². The highest BCUT2D eigenvalue weighted by Crippen LogP contribution is 2.29. The Labute approximate surface area is 150 Å². The van der Waals surface area contributed by atoms with E-state index in [9.17, 15) is 9.18 Å². The number of benzene rings is 2. The number of fused-ring (bicyclic) bond motifs is 1. The average molecular weight is 351 g/mol. The monoisotopic (exact) mass is 351 g/mol. The fraction of sp³-hybridized carbons (Fsp3) is 0.263. The molecule has 0 fully saturated rings. The van der Waals surface area contributed by atoms with Crippen molar-refractivity contribution in [2.75, 3.05) is 0 Å². The van der Waals surface area contributed by atoms with Gasteiger partial charge in [-0.15, -0.1) is 10.2 Å². The lowest BCUT2D eigenvalue weighted by molar-refractivity contribution is -0.122. The number of tetrazole rings is 1. The number of rotatable bonds is 4. The second-order valence-corrected chi connectivity index (χ2v) is 6.36. The molecule has 0 bridgehead atoms. The quantitative estimate of drug-likeness (QED) is 0.784. The van der Waals surface area contributed by atoms with Crippen molar-refractivity contribution in [3.8, 4) is 11.4 Å². The third kappa shape index (κ3) is 3.46. The molecule has 0 spiro atoms. The third-order valence-electron chi connectivity index (χ3n) is 4.54. The van der Waals surface area contributed by atoms with E-state index in [0.29, 0.717) is 11.4 Å². The summed E-state index contributed by atoms with van der Waals surface area (Å²) in [5.74, 6) is -0.121. The molecule has 1 aliphatic carbocycles. The summed E-state index contributed by atoms with van der Waals surface area (Å²) in [6.07, 6.45) is 3.03. The zero-order valence-corrected chi connectivity index (χ0v) is 14.1. The van der Waals surface area contributed by atoms with Gasteiger partial charge in [0.1, 0.15) is 12.4 Å². The molecule has 1 aromatic heterocycles. The predicted octanol–water partition coefficient (Wildman–Crippen LogP) is 2.67. The normalized spacial score (nSPS) is 16.1. The van der Waals surface area contributed by atoms with Crippen molar-refractivity contribution >= 4 is 5.91 Å². The van der Waals surface area contributed by atoms with Crippen molar-refractivity contribution in [2.45, 2.75) is 31.8 Å². The zero-order valence-electron chi connectivity index (χ0n) is 14.1. The highest BCUT2D eigenvalue weighted by molar-refractivity contribution is 5.76. The van der Waals surface area contributed by atoms with Crippen LogP contribution in [0.1, 0.15) is 30.0 Å². The van der Waals surface area contributed by atoms with E-state index in [0.717, 1.165) is 19.3 Å². The Balaban J connectivity index is 1.42. The Hall–Kier alpha value is -3.09. The van der Waals surface area contributed by atoms with Crippen molar-refractivity contribution in [2.24, 2.45) is 0 Å². The van der Waals surface area contributed by atoms with Crippen LogP contribution in [0.25, 0.3) is 11.4 Å². The summed E-state index contributed by atoms with van der Waals surface area (Å²) < 4.78 is 13.0. The van der Waals surface area contributed by atoms with Crippen LogP contribution in [0.15, 0.2) is 48.5 Å². The number of halogens is 1. The van der Waals surface area contributed by atoms with Gasteiger partial charge >= 0.3 is 0 Å². The van der Waals surface area contributed by atoms with Crippen LogP contribution in [0, 0.1) is 5.82 Å². The number of nitrogens with one attached hydrogen (secondary N) is 1. The first kappa shape index (κ1) is 16.4. The Kier molecular flexibility index (Phi) is 4.43. The summed E-state index contributed by atoms with van der Waals surface area (Å²) in [6.45, 7) is -0.00708. The largest absolute Gasteiger partial charge is 0.348 e. The van der Waals surface area contributed by atoms with E-state index >= 15 is 0 Å². The van der Waals surface area contributed by atoms with Crippen molar-refractivity contribution in [3.63, 3.8) is 0 Å². The molecule has 0 radical (unpaired) electrons. The van der Waals surface area contributed by atoms with Gasteiger partial charge in [0, 0.05) is 5.56 Å². The van der Waals surface area contributed by atoms with Crippen LogP contribution >= 0.6 is 0 Å². The Morgan fingerprint density at radius 1 is 1.19 bits per heavy atom. The van der Waals surface area contributed by atoms with E-state index in [4.69, 9.17) is 0 Å². The Morgan fingerprint density at radius 2 is 2.00 bits per heavy atom. The van der Waals surface area contributed by atoms with Gasteiger partial charge in [-0.05, 0) is 59.9 Å². The molecule has 4 rings (SSSR count). The fourth-order valence-electron chi connectivity index (χ4n) is 3.30. The number of aryl methyl sites for hydroxylation is 1. The summed E-state index contributed by atoms with van der Waals surface area (Å²) in [6, 6.07) is 14.1. The first-order valence-electron chi connectivity index (χ1n) is 8.60. The maximum absolute atomic E-state index is 13.0. The Morgan fingerprint density at radius 3 is 2.85 bits per heavy atom. The molecule has 1 atom stereocenters. The molecule has 7 heteroatoms. The summed E-state index contributed by atoms with van der Waals surface area (Å²) in [7, 11) is 0. The lowest BCUT2D eigenvalue weighted by atomic mass is 9.88. The number of aromatic nitrogens is 4. The average Bonchev–Trinajstić information content (AvgIpc) is 3.11. The molecule has 2 aromatic carbocycles. The summed E-state index contributed by atoms with van der Waals surface area (Å²) >= 11 is 0. The second-order valence-electron chi connectivity index (χ2n) is 6.36. The standard InChI is InChI=1S/C19H18FN5O/c20-15-10-8-14(9-11-15)19-22-24-25(23-19)12-18(26)21-17-7-3-5-13-4-1-2-6-16(13)17/h1-2,4,6,8-11,17H,3,5,7,12H2,(H,21,26)/t17-/m0/s1. The molecule has 1 aliphatic rings. The molecule has 0 saturated carbocycles. The highest BCUT2D eigenvalue weighted by atomic mass is 19.1. The molecular weight excluding hydrogens is 333 g/mol. The number of amides is 1. The third-order valence-corrected chi connectivity index (χ3v) is 4.54. The lowest BCUT2D eigenvalue weighted by Crippen LogP contribution is -2.34. The van der Waals surface area contributed by atoms with E-state index in [-0.39, 0.29) is 24.3 Å². The first-order valence-corrected chi connectivity index (χ1v) is 8.60. The van der Waals surface area contributed by atoms with Gasteiger partial charge in [0.25, 0.3) is 0 Å². The van der Waals surface area contributed by atoms with Gasteiger partial charge in [0.2, 0.25) is 11.7 Å². The van der Waals surface area contributed by atoms with Crippen molar-refractivity contribution < 1.29 is 9.18 Å². The van der Waals surface area contributed by atoms with Gasteiger partial charge in [-0.2, -0.15) is 4.80 Å². The zero-order chi connectivity index (χ0) is 17.9. The molecule has 6 nitrogen and oxygen atoms in total. The van der Waals surface area contributed by atoms with Gasteiger partial charge in [0.15, 0.2) is 0 Å². The maximum atomic E-state index is 13.0. The van der Waals surface area contributed by atoms with Gasteiger partial charge in [-0.25, -0.2) is 4.39 Å². The smallest absolute Gasteiger partial charge is 0.244 e. The number of nitrogens with zero attached hydrogens (tertiary/aromatic N) is 4. The van der Waals surface area contributed by atoms with Crippen LogP contribution in [0.5, 0.6) is 0 Å². The predicted molar refractivity (Wildman–Crippen MR) is 93.5 cm³/mol. The van der Waals surface area contributed by atoms with E-state index in [2.05, 4.69) is 32.9 Å². The van der Waals surface area contributed by atoms with Crippen LogP contribution in [0.3, 0.4) is 0 Å². The number of hydrogen-bond acceptors (Lipinski definition) is 4. The molecule has 132 valence electrons. The minimum absolute atomic E-state index is 0.00708. The topological polar surface area (TPSA) is 72.7 Å².